The fourth-order valence-electron chi connectivity index (χ4n) is 1.61. The number of aromatic carboxylic acids is 1. The average Bonchev–Trinajstić information content (AvgIpc) is 2.87. The molecule has 2 aromatic rings. The van der Waals surface area contributed by atoms with E-state index >= 15 is 0 Å². The highest BCUT2D eigenvalue weighted by Gasteiger charge is 2.13. The fraction of sp³-hybridized carbons (Fsp3) is 0. The van der Waals surface area contributed by atoms with E-state index in [4.69, 9.17) is 15.3 Å². The van der Waals surface area contributed by atoms with Crippen molar-refractivity contribution >= 4 is 18.2 Å². The zero-order chi connectivity index (χ0) is 14.5. The lowest BCUT2D eigenvalue weighted by molar-refractivity contribution is 0.0697. The molecular formula is C13H11N3O4. The van der Waals surface area contributed by atoms with Gasteiger partial charge in [0.2, 0.25) is 0 Å². The van der Waals surface area contributed by atoms with E-state index in [1.165, 1.54) is 12.3 Å². The van der Waals surface area contributed by atoms with Gasteiger partial charge in [-0.1, -0.05) is 18.2 Å². The molecule has 2 rings (SSSR count). The first-order chi connectivity index (χ1) is 9.58. The standard InChI is InChI=1S/C13H11N3O4/c14-13(19)16-15-7-8-5-6-11(20-8)9-3-1-2-4-10(9)12(17)18/h1-7H,(H,17,18)(H3,14,16,19)/b15-7+. The van der Waals surface area contributed by atoms with Gasteiger partial charge in [-0.25, -0.2) is 15.0 Å². The van der Waals surface area contributed by atoms with Crippen molar-refractivity contribution in [2.24, 2.45) is 10.8 Å². The number of furan rings is 1. The number of nitrogens with two attached hydrogens (primary N) is 1. The number of benzene rings is 1. The molecule has 0 spiro atoms. The summed E-state index contributed by atoms with van der Waals surface area (Å²) in [6.07, 6.45) is 1.26. The number of carboxylic acids is 1. The van der Waals surface area contributed by atoms with Crippen molar-refractivity contribution in [2.45, 2.75) is 0 Å². The van der Waals surface area contributed by atoms with Crippen LogP contribution in [0.2, 0.25) is 0 Å². The third-order valence-electron chi connectivity index (χ3n) is 2.42. The van der Waals surface area contributed by atoms with Gasteiger partial charge in [0.25, 0.3) is 0 Å². The molecule has 0 unspecified atom stereocenters. The van der Waals surface area contributed by atoms with E-state index in [1.54, 1.807) is 30.3 Å². The fourth-order valence-corrected chi connectivity index (χ4v) is 1.61. The molecule has 0 bridgehead atoms. The van der Waals surface area contributed by atoms with Gasteiger partial charge >= 0.3 is 12.0 Å². The number of amides is 2. The SMILES string of the molecule is NC(=O)N/N=C/c1ccc(-c2ccccc2C(=O)O)o1. The van der Waals surface area contributed by atoms with Gasteiger partial charge in [-0.3, -0.25) is 0 Å². The van der Waals surface area contributed by atoms with Crippen LogP contribution >= 0.6 is 0 Å². The minimum absolute atomic E-state index is 0.139. The van der Waals surface area contributed by atoms with Crippen LogP contribution in [0, 0.1) is 0 Å². The van der Waals surface area contributed by atoms with E-state index in [0.717, 1.165) is 0 Å². The van der Waals surface area contributed by atoms with Gasteiger partial charge in [-0.05, 0) is 18.2 Å². The topological polar surface area (TPSA) is 118 Å². The molecular weight excluding hydrogens is 262 g/mol. The normalized spacial score (nSPS) is 10.6. The molecule has 0 fully saturated rings. The van der Waals surface area contributed by atoms with Gasteiger partial charge in [0.15, 0.2) is 0 Å². The molecule has 0 atom stereocenters. The number of nitrogens with zero attached hydrogens (tertiary/aromatic N) is 1. The molecule has 0 aliphatic rings. The molecule has 4 N–H and O–H groups in total. The summed E-state index contributed by atoms with van der Waals surface area (Å²) in [5.74, 6) is -0.292. The highest BCUT2D eigenvalue weighted by Crippen LogP contribution is 2.25. The molecule has 1 heterocycles. The quantitative estimate of drug-likeness (QED) is 0.579. The Morgan fingerprint density at radius 3 is 2.70 bits per heavy atom. The van der Waals surface area contributed by atoms with Crippen molar-refractivity contribution in [3.05, 3.63) is 47.7 Å². The van der Waals surface area contributed by atoms with Crippen LogP contribution in [0.4, 0.5) is 4.79 Å². The highest BCUT2D eigenvalue weighted by molar-refractivity contribution is 5.95. The summed E-state index contributed by atoms with van der Waals surface area (Å²) in [7, 11) is 0. The molecule has 1 aromatic heterocycles. The van der Waals surface area contributed by atoms with Gasteiger partial charge in [0.05, 0.1) is 11.8 Å². The lowest BCUT2D eigenvalue weighted by Gasteiger charge is -2.01. The molecule has 2 amide bonds. The molecule has 0 aliphatic heterocycles. The van der Waals surface area contributed by atoms with Crippen molar-refractivity contribution < 1.29 is 19.1 Å². The zero-order valence-corrected chi connectivity index (χ0v) is 10.2. The summed E-state index contributed by atoms with van der Waals surface area (Å²) in [5, 5.41) is 12.7. The molecule has 0 saturated heterocycles. The van der Waals surface area contributed by atoms with Gasteiger partial charge in [0, 0.05) is 5.56 Å². The summed E-state index contributed by atoms with van der Waals surface area (Å²) in [4.78, 5) is 21.6. The van der Waals surface area contributed by atoms with Crippen LogP contribution in [-0.4, -0.2) is 23.3 Å². The molecule has 0 saturated carbocycles. The molecule has 7 heteroatoms. The van der Waals surface area contributed by atoms with Crippen LogP contribution in [0.1, 0.15) is 16.1 Å². The number of nitrogens with one attached hydrogen (secondary N) is 1. The maximum absolute atomic E-state index is 11.1. The van der Waals surface area contributed by atoms with Gasteiger partial charge in [0.1, 0.15) is 11.5 Å². The Morgan fingerprint density at radius 2 is 2.00 bits per heavy atom. The minimum atomic E-state index is -1.04. The molecule has 0 aliphatic carbocycles. The van der Waals surface area contributed by atoms with Crippen LogP contribution in [-0.2, 0) is 0 Å². The zero-order valence-electron chi connectivity index (χ0n) is 10.2. The van der Waals surface area contributed by atoms with Crippen LogP contribution < -0.4 is 11.2 Å². The summed E-state index contributed by atoms with van der Waals surface area (Å²) >= 11 is 0. The number of carbonyl (C=O) groups is 2. The number of urea groups is 1. The van der Waals surface area contributed by atoms with E-state index in [9.17, 15) is 9.59 Å². The average molecular weight is 273 g/mol. The lowest BCUT2D eigenvalue weighted by Crippen LogP contribution is -2.24. The molecule has 102 valence electrons. The molecule has 1 aromatic carbocycles. The van der Waals surface area contributed by atoms with Crippen LogP contribution in [0.25, 0.3) is 11.3 Å². The Hall–Kier alpha value is -3.09. The number of hydrogen-bond acceptors (Lipinski definition) is 4. The number of hydrazone groups is 1. The summed E-state index contributed by atoms with van der Waals surface area (Å²) < 4.78 is 5.44. The highest BCUT2D eigenvalue weighted by atomic mass is 16.4. The predicted molar refractivity (Wildman–Crippen MR) is 71.4 cm³/mol. The number of hydrogen-bond donors (Lipinski definition) is 3. The van der Waals surface area contributed by atoms with Crippen LogP contribution in [0.3, 0.4) is 0 Å². The Labute approximate surface area is 113 Å². The van der Waals surface area contributed by atoms with Crippen LogP contribution in [0.15, 0.2) is 45.9 Å². The Balaban J connectivity index is 2.27. The number of carboxylic acid groups (broad SMARTS) is 1. The minimum Gasteiger partial charge on any atom is -0.478 e. The maximum atomic E-state index is 11.1. The first kappa shape index (κ1) is 13.3. The third-order valence-corrected chi connectivity index (χ3v) is 2.42. The lowest BCUT2D eigenvalue weighted by atomic mass is 10.1. The monoisotopic (exact) mass is 273 g/mol. The van der Waals surface area contributed by atoms with Crippen molar-refractivity contribution in [3.8, 4) is 11.3 Å². The van der Waals surface area contributed by atoms with Crippen molar-refractivity contribution in [2.75, 3.05) is 0 Å². The second-order valence-electron chi connectivity index (χ2n) is 3.79. The summed E-state index contributed by atoms with van der Waals surface area (Å²) in [6, 6.07) is 8.91. The maximum Gasteiger partial charge on any atom is 0.336 e. The predicted octanol–water partition coefficient (Wildman–Crippen LogP) is 1.65. The van der Waals surface area contributed by atoms with E-state index in [-0.39, 0.29) is 5.56 Å². The molecule has 0 radical (unpaired) electrons. The first-order valence-electron chi connectivity index (χ1n) is 5.59. The number of carbonyl (C=O) groups excluding carboxylic acids is 1. The van der Waals surface area contributed by atoms with Crippen molar-refractivity contribution in [3.63, 3.8) is 0 Å². The third kappa shape index (κ3) is 3.02. The number of rotatable bonds is 4. The van der Waals surface area contributed by atoms with Crippen LogP contribution in [0.5, 0.6) is 0 Å². The van der Waals surface area contributed by atoms with Gasteiger partial charge < -0.3 is 15.3 Å². The molecule has 7 nitrogen and oxygen atoms in total. The molecule has 20 heavy (non-hydrogen) atoms. The first-order valence-corrected chi connectivity index (χ1v) is 5.59. The Bertz CT molecular complexity index is 676. The van der Waals surface area contributed by atoms with E-state index < -0.39 is 12.0 Å². The second-order valence-corrected chi connectivity index (χ2v) is 3.79. The Kier molecular flexibility index (Phi) is 3.80. The van der Waals surface area contributed by atoms with E-state index in [1.807, 2.05) is 5.43 Å². The van der Waals surface area contributed by atoms with E-state index in [0.29, 0.717) is 17.1 Å². The largest absolute Gasteiger partial charge is 0.478 e. The smallest absolute Gasteiger partial charge is 0.336 e. The summed E-state index contributed by atoms with van der Waals surface area (Å²) in [6.45, 7) is 0. The van der Waals surface area contributed by atoms with E-state index in [2.05, 4.69) is 5.10 Å². The van der Waals surface area contributed by atoms with Gasteiger partial charge in [-0.2, -0.15) is 5.10 Å². The van der Waals surface area contributed by atoms with Crippen molar-refractivity contribution in [1.82, 2.24) is 5.43 Å². The Morgan fingerprint density at radius 1 is 1.25 bits per heavy atom. The van der Waals surface area contributed by atoms with Gasteiger partial charge in [-0.15, -0.1) is 0 Å². The second kappa shape index (κ2) is 5.70. The summed E-state index contributed by atoms with van der Waals surface area (Å²) in [5.41, 5.74) is 7.47. The number of primary amides is 1. The van der Waals surface area contributed by atoms with Crippen molar-refractivity contribution in [1.29, 1.82) is 0 Å².